The Morgan fingerprint density at radius 2 is 1.82 bits per heavy atom. The summed E-state index contributed by atoms with van der Waals surface area (Å²) in [6.07, 6.45) is 3.16. The van der Waals surface area contributed by atoms with E-state index in [1.807, 2.05) is 24.3 Å². The monoisotopic (exact) mass is 377 g/mol. The number of amides is 2. The molecule has 0 spiro atoms. The molecule has 0 unspecified atom stereocenters. The van der Waals surface area contributed by atoms with E-state index in [1.165, 1.54) is 5.56 Å². The van der Waals surface area contributed by atoms with Crippen LogP contribution in [0.2, 0.25) is 0 Å². The maximum atomic E-state index is 12.7. The van der Waals surface area contributed by atoms with Crippen molar-refractivity contribution in [1.82, 2.24) is 10.2 Å². The number of benzene rings is 2. The Morgan fingerprint density at radius 3 is 2.57 bits per heavy atom. The van der Waals surface area contributed by atoms with E-state index >= 15 is 0 Å². The smallest absolute Gasteiger partial charge is 0.251 e. The zero-order chi connectivity index (χ0) is 19.5. The Bertz CT molecular complexity index is 857. The molecule has 1 saturated heterocycles. The number of likely N-dealkylation sites (tertiary alicyclic amines) is 1. The zero-order valence-corrected chi connectivity index (χ0v) is 16.4. The van der Waals surface area contributed by atoms with Crippen LogP contribution in [0.4, 0.5) is 5.69 Å². The number of nitrogens with zero attached hydrogens (tertiary/aromatic N) is 2. The van der Waals surface area contributed by atoms with E-state index in [4.69, 9.17) is 0 Å². The molecule has 2 aliphatic rings. The van der Waals surface area contributed by atoms with Gasteiger partial charge < -0.3 is 10.2 Å². The molecule has 4 rings (SSSR count). The highest BCUT2D eigenvalue weighted by Gasteiger charge is 2.24. The maximum absolute atomic E-state index is 12.7. The summed E-state index contributed by atoms with van der Waals surface area (Å²) in [6.45, 7) is 2.96. The molecule has 2 amide bonds. The summed E-state index contributed by atoms with van der Waals surface area (Å²) >= 11 is 0. The van der Waals surface area contributed by atoms with Crippen molar-refractivity contribution in [2.75, 3.05) is 25.0 Å². The largest absolute Gasteiger partial charge is 0.349 e. The predicted molar refractivity (Wildman–Crippen MR) is 110 cm³/mol. The third kappa shape index (κ3) is 4.09. The Labute approximate surface area is 166 Å². The zero-order valence-electron chi connectivity index (χ0n) is 16.4. The fourth-order valence-corrected chi connectivity index (χ4v) is 4.14. The number of nitrogens with one attached hydrogen (secondary N) is 1. The molecule has 2 aliphatic heterocycles. The third-order valence-corrected chi connectivity index (χ3v) is 5.86. The van der Waals surface area contributed by atoms with Crippen molar-refractivity contribution < 1.29 is 9.59 Å². The van der Waals surface area contributed by atoms with Crippen LogP contribution in [0, 0.1) is 0 Å². The van der Waals surface area contributed by atoms with Gasteiger partial charge >= 0.3 is 0 Å². The van der Waals surface area contributed by atoms with Crippen LogP contribution in [0.25, 0.3) is 0 Å². The highest BCUT2D eigenvalue weighted by Crippen LogP contribution is 2.27. The molecule has 0 saturated carbocycles. The lowest BCUT2D eigenvalue weighted by atomic mass is 9.98. The van der Waals surface area contributed by atoms with Gasteiger partial charge in [-0.2, -0.15) is 0 Å². The molecule has 0 aliphatic carbocycles. The average Bonchev–Trinajstić information content (AvgIpc) is 2.73. The molecule has 1 fully saturated rings. The number of fused-ring (bicyclic) bond motifs is 1. The van der Waals surface area contributed by atoms with Crippen molar-refractivity contribution in [3.05, 3.63) is 65.2 Å². The molecule has 2 heterocycles. The van der Waals surface area contributed by atoms with Gasteiger partial charge in [0.1, 0.15) is 0 Å². The summed E-state index contributed by atoms with van der Waals surface area (Å²) in [4.78, 5) is 28.7. The minimum atomic E-state index is -0.0103. The quantitative estimate of drug-likeness (QED) is 0.891. The van der Waals surface area contributed by atoms with Gasteiger partial charge in [-0.25, -0.2) is 0 Å². The van der Waals surface area contributed by atoms with Crippen LogP contribution < -0.4 is 10.2 Å². The Kier molecular flexibility index (Phi) is 5.44. The van der Waals surface area contributed by atoms with Crippen LogP contribution in [0.3, 0.4) is 0 Å². The fourth-order valence-electron chi connectivity index (χ4n) is 4.14. The molecule has 0 radical (unpaired) electrons. The van der Waals surface area contributed by atoms with Gasteiger partial charge in [0, 0.05) is 50.4 Å². The van der Waals surface area contributed by atoms with Gasteiger partial charge in [0.05, 0.1) is 0 Å². The third-order valence-electron chi connectivity index (χ3n) is 5.86. The topological polar surface area (TPSA) is 52.7 Å². The van der Waals surface area contributed by atoms with Gasteiger partial charge in [-0.3, -0.25) is 14.5 Å². The first-order valence-corrected chi connectivity index (χ1v) is 10.1. The standard InChI is InChI=1S/C23H27N3O2/c1-25-21-9-7-19(15-18(21)8-10-22(25)27)23(28)24-20-11-13-26(14-12-20)16-17-5-3-2-4-6-17/h2-7,9,15,20H,8,10-14,16H2,1H3,(H,24,28). The number of rotatable bonds is 4. The maximum Gasteiger partial charge on any atom is 0.251 e. The predicted octanol–water partition coefficient (Wildman–Crippen LogP) is 2.99. The molecule has 2 aromatic carbocycles. The molecule has 0 atom stereocenters. The number of anilines is 1. The minimum absolute atomic E-state index is 0.0103. The van der Waals surface area contributed by atoms with E-state index in [0.29, 0.717) is 18.4 Å². The lowest BCUT2D eigenvalue weighted by Crippen LogP contribution is -2.44. The second-order valence-electron chi connectivity index (χ2n) is 7.81. The van der Waals surface area contributed by atoms with Gasteiger partial charge in [-0.1, -0.05) is 30.3 Å². The van der Waals surface area contributed by atoms with Crippen molar-refractivity contribution in [2.24, 2.45) is 0 Å². The van der Waals surface area contributed by atoms with Gasteiger partial charge in [0.15, 0.2) is 0 Å². The Hall–Kier alpha value is -2.66. The van der Waals surface area contributed by atoms with Crippen LogP contribution in [-0.2, 0) is 17.8 Å². The van der Waals surface area contributed by atoms with E-state index in [9.17, 15) is 9.59 Å². The van der Waals surface area contributed by atoms with Gasteiger partial charge in [0.2, 0.25) is 5.91 Å². The number of piperidine rings is 1. The number of hydrogen-bond acceptors (Lipinski definition) is 3. The van der Waals surface area contributed by atoms with Gasteiger partial charge in [-0.05, 0) is 48.6 Å². The van der Waals surface area contributed by atoms with Crippen LogP contribution in [0.15, 0.2) is 48.5 Å². The fraction of sp³-hybridized carbons (Fsp3) is 0.391. The second-order valence-corrected chi connectivity index (χ2v) is 7.81. The first-order valence-electron chi connectivity index (χ1n) is 10.1. The molecular formula is C23H27N3O2. The normalized spacial score (nSPS) is 18.0. The summed E-state index contributed by atoms with van der Waals surface area (Å²) in [5.41, 5.74) is 4.02. The molecule has 0 bridgehead atoms. The first-order chi connectivity index (χ1) is 13.6. The number of carbonyl (C=O) groups is 2. The number of carbonyl (C=O) groups excluding carboxylic acids is 2. The minimum Gasteiger partial charge on any atom is -0.349 e. The summed E-state index contributed by atoms with van der Waals surface area (Å²) in [5.74, 6) is 0.121. The summed E-state index contributed by atoms with van der Waals surface area (Å²) < 4.78 is 0. The molecule has 0 aromatic heterocycles. The lowest BCUT2D eigenvalue weighted by Gasteiger charge is -2.32. The van der Waals surface area contributed by atoms with E-state index in [0.717, 1.165) is 43.7 Å². The SMILES string of the molecule is CN1C(=O)CCc2cc(C(=O)NC3CCN(Cc4ccccc4)CC3)ccc21. The average molecular weight is 377 g/mol. The highest BCUT2D eigenvalue weighted by atomic mass is 16.2. The van der Waals surface area contributed by atoms with Crippen molar-refractivity contribution >= 4 is 17.5 Å². The lowest BCUT2D eigenvalue weighted by molar-refractivity contribution is -0.118. The van der Waals surface area contributed by atoms with Crippen molar-refractivity contribution in [3.8, 4) is 0 Å². The molecule has 146 valence electrons. The number of hydrogen-bond donors (Lipinski definition) is 1. The summed E-state index contributed by atoms with van der Waals surface area (Å²) in [6, 6.07) is 16.4. The summed E-state index contributed by atoms with van der Waals surface area (Å²) in [5, 5.41) is 3.20. The molecule has 1 N–H and O–H groups in total. The first kappa shape index (κ1) is 18.7. The van der Waals surface area contributed by atoms with E-state index in [2.05, 4.69) is 34.5 Å². The van der Waals surface area contributed by atoms with Crippen molar-refractivity contribution in [1.29, 1.82) is 0 Å². The van der Waals surface area contributed by atoms with Gasteiger partial charge in [-0.15, -0.1) is 0 Å². The second kappa shape index (κ2) is 8.15. The van der Waals surface area contributed by atoms with Crippen molar-refractivity contribution in [2.45, 2.75) is 38.3 Å². The molecule has 5 nitrogen and oxygen atoms in total. The molecule has 5 heteroatoms. The van der Waals surface area contributed by atoms with E-state index < -0.39 is 0 Å². The molecule has 28 heavy (non-hydrogen) atoms. The van der Waals surface area contributed by atoms with E-state index in [-0.39, 0.29) is 17.9 Å². The van der Waals surface area contributed by atoms with Crippen LogP contribution in [0.5, 0.6) is 0 Å². The van der Waals surface area contributed by atoms with Gasteiger partial charge in [0.25, 0.3) is 5.91 Å². The Morgan fingerprint density at radius 1 is 1.07 bits per heavy atom. The van der Waals surface area contributed by atoms with Crippen LogP contribution in [0.1, 0.15) is 40.7 Å². The molecule has 2 aromatic rings. The Balaban J connectivity index is 1.32. The van der Waals surface area contributed by atoms with E-state index in [1.54, 1.807) is 11.9 Å². The van der Waals surface area contributed by atoms with Crippen molar-refractivity contribution in [3.63, 3.8) is 0 Å². The van der Waals surface area contributed by atoms with Crippen LogP contribution in [-0.4, -0.2) is 42.9 Å². The molecular weight excluding hydrogens is 350 g/mol. The highest BCUT2D eigenvalue weighted by molar-refractivity contribution is 5.99. The summed E-state index contributed by atoms with van der Waals surface area (Å²) in [7, 11) is 1.79. The number of aryl methyl sites for hydroxylation is 1. The van der Waals surface area contributed by atoms with Crippen LogP contribution >= 0.6 is 0 Å².